The lowest BCUT2D eigenvalue weighted by molar-refractivity contribution is 0.0908. The Balaban J connectivity index is 2.37. The van der Waals surface area contributed by atoms with Crippen LogP contribution in [0, 0.1) is 0 Å². The quantitative estimate of drug-likeness (QED) is 0.685. The van der Waals surface area contributed by atoms with Crippen molar-refractivity contribution in [2.24, 2.45) is 0 Å². The number of hydrogen-bond donors (Lipinski definition) is 1. The Hall–Kier alpha value is -2.36. The zero-order chi connectivity index (χ0) is 14.8. The van der Waals surface area contributed by atoms with Gasteiger partial charge in [0.2, 0.25) is 0 Å². The van der Waals surface area contributed by atoms with E-state index in [2.05, 4.69) is 4.98 Å². The van der Waals surface area contributed by atoms with Gasteiger partial charge >= 0.3 is 0 Å². The van der Waals surface area contributed by atoms with Gasteiger partial charge in [-0.1, -0.05) is 12.1 Å². The van der Waals surface area contributed by atoms with Crippen LogP contribution in [0.1, 0.15) is 29.8 Å². The monoisotopic (exact) mass is 270 g/mol. The molecule has 4 nitrogen and oxygen atoms in total. The van der Waals surface area contributed by atoms with Gasteiger partial charge in [-0.25, -0.2) is 0 Å². The van der Waals surface area contributed by atoms with Gasteiger partial charge in [0.25, 0.3) is 0 Å². The molecule has 0 radical (unpaired) electrons. The molecule has 20 heavy (non-hydrogen) atoms. The molecule has 0 aliphatic rings. The molecule has 0 atom stereocenters. The van der Waals surface area contributed by atoms with Gasteiger partial charge < -0.3 is 10.5 Å². The highest BCUT2D eigenvalue weighted by molar-refractivity contribution is 6.03. The molecule has 1 heterocycles. The maximum Gasteiger partial charge on any atom is 0.174 e. The molecule has 2 rings (SSSR count). The number of ketones is 1. The lowest BCUT2D eigenvalue weighted by Crippen LogP contribution is -2.29. The lowest BCUT2D eigenvalue weighted by Gasteiger charge is -2.24. The largest absolute Gasteiger partial charge is 0.495 e. The minimum Gasteiger partial charge on any atom is -0.495 e. The van der Waals surface area contributed by atoms with Crippen LogP contribution in [-0.4, -0.2) is 17.9 Å². The number of rotatable bonds is 4. The second-order valence-corrected chi connectivity index (χ2v) is 5.19. The van der Waals surface area contributed by atoms with Gasteiger partial charge in [0.15, 0.2) is 5.78 Å². The number of aromatic nitrogens is 1. The summed E-state index contributed by atoms with van der Waals surface area (Å²) in [7, 11) is 1.55. The molecule has 2 aromatic rings. The minimum atomic E-state index is -0.651. The fourth-order valence-corrected chi connectivity index (χ4v) is 2.05. The van der Waals surface area contributed by atoms with Crippen LogP contribution in [-0.2, 0) is 5.41 Å². The molecule has 4 heteroatoms. The van der Waals surface area contributed by atoms with Crippen molar-refractivity contribution in [1.82, 2.24) is 4.98 Å². The van der Waals surface area contributed by atoms with Crippen LogP contribution in [0.25, 0.3) is 0 Å². The smallest absolute Gasteiger partial charge is 0.174 e. The first-order valence-electron chi connectivity index (χ1n) is 6.35. The number of methoxy groups -OCH3 is 1. The third kappa shape index (κ3) is 2.64. The molecule has 104 valence electrons. The van der Waals surface area contributed by atoms with E-state index >= 15 is 0 Å². The topological polar surface area (TPSA) is 65.2 Å². The van der Waals surface area contributed by atoms with Crippen molar-refractivity contribution in [1.29, 1.82) is 0 Å². The Morgan fingerprint density at radius 3 is 2.45 bits per heavy atom. The molecule has 0 saturated carbocycles. The van der Waals surface area contributed by atoms with Gasteiger partial charge in [-0.15, -0.1) is 0 Å². The Bertz CT molecular complexity index is 619. The van der Waals surface area contributed by atoms with Crippen molar-refractivity contribution < 1.29 is 9.53 Å². The summed E-state index contributed by atoms with van der Waals surface area (Å²) < 4.78 is 5.11. The molecule has 1 aromatic heterocycles. The SMILES string of the molecule is COc1cncc(C(=O)C(C)(C)c2ccc(N)cc2)c1. The molecular formula is C16H18N2O2. The zero-order valence-electron chi connectivity index (χ0n) is 11.9. The normalized spacial score (nSPS) is 11.2. The standard InChI is InChI=1S/C16H18N2O2/c1-16(2,12-4-6-13(17)7-5-12)15(19)11-8-14(20-3)10-18-9-11/h4-10H,17H2,1-3H3. The van der Waals surface area contributed by atoms with Crippen LogP contribution in [0.5, 0.6) is 5.75 Å². The Labute approximate surface area is 118 Å². The van der Waals surface area contributed by atoms with E-state index in [1.54, 1.807) is 37.7 Å². The Morgan fingerprint density at radius 2 is 1.85 bits per heavy atom. The third-order valence-electron chi connectivity index (χ3n) is 3.41. The van der Waals surface area contributed by atoms with Gasteiger partial charge in [0.05, 0.1) is 18.7 Å². The van der Waals surface area contributed by atoms with Crippen LogP contribution in [0.2, 0.25) is 0 Å². The van der Waals surface area contributed by atoms with Crippen LogP contribution in [0.4, 0.5) is 5.69 Å². The number of pyridine rings is 1. The average molecular weight is 270 g/mol. The number of carbonyl (C=O) groups is 1. The van der Waals surface area contributed by atoms with Crippen molar-refractivity contribution >= 4 is 11.5 Å². The second kappa shape index (κ2) is 5.33. The van der Waals surface area contributed by atoms with E-state index in [-0.39, 0.29) is 5.78 Å². The number of nitrogens with zero attached hydrogens (tertiary/aromatic N) is 1. The first-order valence-corrected chi connectivity index (χ1v) is 6.35. The van der Waals surface area contributed by atoms with Crippen LogP contribution >= 0.6 is 0 Å². The first kappa shape index (κ1) is 14.1. The van der Waals surface area contributed by atoms with E-state index in [1.807, 2.05) is 26.0 Å². The highest BCUT2D eigenvalue weighted by Gasteiger charge is 2.31. The predicted molar refractivity (Wildman–Crippen MR) is 79.0 cm³/mol. The van der Waals surface area contributed by atoms with E-state index in [0.717, 1.165) is 5.56 Å². The fourth-order valence-electron chi connectivity index (χ4n) is 2.05. The molecule has 0 bridgehead atoms. The van der Waals surface area contributed by atoms with Gasteiger partial charge in [-0.2, -0.15) is 0 Å². The highest BCUT2D eigenvalue weighted by atomic mass is 16.5. The summed E-state index contributed by atoms with van der Waals surface area (Å²) >= 11 is 0. The molecule has 0 amide bonds. The van der Waals surface area contributed by atoms with E-state index in [0.29, 0.717) is 17.0 Å². The van der Waals surface area contributed by atoms with E-state index in [4.69, 9.17) is 10.5 Å². The number of anilines is 1. The summed E-state index contributed by atoms with van der Waals surface area (Å²) in [6.45, 7) is 3.78. The Kier molecular flexibility index (Phi) is 3.74. The van der Waals surface area contributed by atoms with E-state index < -0.39 is 5.41 Å². The molecule has 0 fully saturated rings. The number of carbonyl (C=O) groups excluding carboxylic acids is 1. The summed E-state index contributed by atoms with van der Waals surface area (Å²) in [6, 6.07) is 9.05. The minimum absolute atomic E-state index is 0.00586. The number of benzene rings is 1. The van der Waals surface area contributed by atoms with Crippen LogP contribution < -0.4 is 10.5 Å². The molecule has 2 N–H and O–H groups in total. The Morgan fingerprint density at radius 1 is 1.20 bits per heavy atom. The number of hydrogen-bond acceptors (Lipinski definition) is 4. The number of ether oxygens (including phenoxy) is 1. The molecule has 1 aromatic carbocycles. The molecule has 0 aliphatic heterocycles. The number of nitrogen functional groups attached to an aromatic ring is 1. The van der Waals surface area contributed by atoms with Crippen LogP contribution in [0.3, 0.4) is 0 Å². The van der Waals surface area contributed by atoms with Crippen molar-refractivity contribution in [2.75, 3.05) is 12.8 Å². The zero-order valence-corrected chi connectivity index (χ0v) is 11.9. The summed E-state index contributed by atoms with van der Waals surface area (Å²) in [6.07, 6.45) is 3.14. The van der Waals surface area contributed by atoms with Crippen molar-refractivity contribution in [3.63, 3.8) is 0 Å². The molecule has 0 saturated heterocycles. The summed E-state index contributed by atoms with van der Waals surface area (Å²) in [5.41, 5.74) is 7.16. The summed E-state index contributed by atoms with van der Waals surface area (Å²) in [4.78, 5) is 16.7. The number of nitrogens with two attached hydrogens (primary N) is 1. The maximum absolute atomic E-state index is 12.7. The van der Waals surface area contributed by atoms with Crippen molar-refractivity contribution in [3.05, 3.63) is 53.9 Å². The van der Waals surface area contributed by atoms with Gasteiger partial charge in [0.1, 0.15) is 5.75 Å². The van der Waals surface area contributed by atoms with Crippen molar-refractivity contribution in [2.45, 2.75) is 19.3 Å². The van der Waals surface area contributed by atoms with Gasteiger partial charge in [-0.3, -0.25) is 9.78 Å². The van der Waals surface area contributed by atoms with Crippen molar-refractivity contribution in [3.8, 4) is 5.75 Å². The van der Waals surface area contributed by atoms with Gasteiger partial charge in [0, 0.05) is 17.4 Å². The molecule has 0 unspecified atom stereocenters. The van der Waals surface area contributed by atoms with Gasteiger partial charge in [-0.05, 0) is 37.6 Å². The fraction of sp³-hybridized carbons (Fsp3) is 0.250. The maximum atomic E-state index is 12.7. The number of Topliss-reactive ketones (excluding diaryl/α,β-unsaturated/α-hetero) is 1. The first-order chi connectivity index (χ1) is 9.45. The predicted octanol–water partition coefficient (Wildman–Crippen LogP) is 2.83. The molecule has 0 spiro atoms. The second-order valence-electron chi connectivity index (χ2n) is 5.19. The summed E-state index contributed by atoms with van der Waals surface area (Å²) in [5, 5.41) is 0. The van der Waals surface area contributed by atoms with E-state index in [1.165, 1.54) is 0 Å². The van der Waals surface area contributed by atoms with E-state index in [9.17, 15) is 4.79 Å². The van der Waals surface area contributed by atoms with Crippen LogP contribution in [0.15, 0.2) is 42.7 Å². The average Bonchev–Trinajstić information content (AvgIpc) is 2.47. The molecular weight excluding hydrogens is 252 g/mol. The highest BCUT2D eigenvalue weighted by Crippen LogP contribution is 2.29. The third-order valence-corrected chi connectivity index (χ3v) is 3.41. The summed E-state index contributed by atoms with van der Waals surface area (Å²) in [5.74, 6) is 0.567. The lowest BCUT2D eigenvalue weighted by atomic mass is 9.78. The molecule has 0 aliphatic carbocycles.